The summed E-state index contributed by atoms with van der Waals surface area (Å²) in [6.45, 7) is 0. The van der Waals surface area contributed by atoms with Gasteiger partial charge in [0, 0.05) is 5.56 Å². The topological polar surface area (TPSA) is 94.8 Å². The van der Waals surface area contributed by atoms with Crippen molar-refractivity contribution in [2.24, 2.45) is 0 Å². The van der Waals surface area contributed by atoms with E-state index in [0.29, 0.717) is 17.4 Å². The van der Waals surface area contributed by atoms with Gasteiger partial charge in [-0.1, -0.05) is 24.3 Å². The Kier molecular flexibility index (Phi) is 4.16. The highest BCUT2D eigenvalue weighted by atomic mass is 16.4. The predicted octanol–water partition coefficient (Wildman–Crippen LogP) is 0.368. The maximum absolute atomic E-state index is 10.4. The van der Waals surface area contributed by atoms with Crippen molar-refractivity contribution in [3.05, 3.63) is 35.4 Å². The van der Waals surface area contributed by atoms with Gasteiger partial charge in [-0.3, -0.25) is 9.59 Å². The number of hydrogen-bond donors (Lipinski definition) is 3. The summed E-state index contributed by atoms with van der Waals surface area (Å²) in [4.78, 5) is 20.7. The highest BCUT2D eigenvalue weighted by Gasteiger charge is 2.20. The van der Waals surface area contributed by atoms with E-state index in [1.54, 1.807) is 0 Å². The van der Waals surface area contributed by atoms with Crippen LogP contribution in [0.4, 0.5) is 0 Å². The van der Waals surface area contributed by atoms with Crippen LogP contribution in [-0.2, 0) is 4.79 Å². The Morgan fingerprint density at radius 1 is 1.25 bits per heavy atom. The molecule has 0 aliphatic carbocycles. The molecule has 0 aliphatic heterocycles. The van der Waals surface area contributed by atoms with Crippen LogP contribution >= 0.6 is 0 Å². The minimum absolute atomic E-state index is 0.374. The minimum Gasteiger partial charge on any atom is -0.481 e. The SMILES string of the molecule is O=Cc1ccc(C(O)C(O)CC(=O)O)cc1. The summed E-state index contributed by atoms with van der Waals surface area (Å²) in [6, 6.07) is 5.91. The zero-order valence-corrected chi connectivity index (χ0v) is 8.41. The molecule has 0 saturated heterocycles. The molecule has 86 valence electrons. The molecule has 5 heteroatoms. The zero-order chi connectivity index (χ0) is 12.1. The maximum atomic E-state index is 10.4. The molecular weight excluding hydrogens is 212 g/mol. The summed E-state index contributed by atoms with van der Waals surface area (Å²) in [6.07, 6.45) is -2.50. The first-order chi connectivity index (χ1) is 7.54. The second-order valence-electron chi connectivity index (χ2n) is 3.39. The largest absolute Gasteiger partial charge is 0.481 e. The molecule has 0 aliphatic rings. The van der Waals surface area contributed by atoms with Gasteiger partial charge in [0.15, 0.2) is 0 Å². The highest BCUT2D eigenvalue weighted by Crippen LogP contribution is 2.19. The second-order valence-corrected chi connectivity index (χ2v) is 3.39. The lowest BCUT2D eigenvalue weighted by atomic mass is 10.0. The Morgan fingerprint density at radius 3 is 2.25 bits per heavy atom. The third-order valence-corrected chi connectivity index (χ3v) is 2.16. The van der Waals surface area contributed by atoms with Gasteiger partial charge in [0.05, 0.1) is 12.5 Å². The van der Waals surface area contributed by atoms with Gasteiger partial charge in [-0.15, -0.1) is 0 Å². The Balaban J connectivity index is 2.75. The lowest BCUT2D eigenvalue weighted by Gasteiger charge is -2.16. The molecule has 0 fully saturated rings. The molecule has 5 nitrogen and oxygen atoms in total. The van der Waals surface area contributed by atoms with Crippen molar-refractivity contribution in [1.82, 2.24) is 0 Å². The summed E-state index contributed by atoms with van der Waals surface area (Å²) < 4.78 is 0. The van der Waals surface area contributed by atoms with E-state index in [2.05, 4.69) is 0 Å². The summed E-state index contributed by atoms with van der Waals surface area (Å²) in [5.74, 6) is -1.18. The molecule has 0 spiro atoms. The number of aliphatic carboxylic acids is 1. The van der Waals surface area contributed by atoms with E-state index in [1.165, 1.54) is 24.3 Å². The van der Waals surface area contributed by atoms with E-state index in [4.69, 9.17) is 5.11 Å². The van der Waals surface area contributed by atoms with E-state index in [-0.39, 0.29) is 0 Å². The predicted molar refractivity (Wildman–Crippen MR) is 55.0 cm³/mol. The Bertz CT molecular complexity index is 370. The molecule has 0 saturated carbocycles. The number of carbonyl (C=O) groups is 2. The average Bonchev–Trinajstić information content (AvgIpc) is 2.27. The molecule has 0 amide bonds. The van der Waals surface area contributed by atoms with Crippen molar-refractivity contribution < 1.29 is 24.9 Å². The molecule has 1 aromatic carbocycles. The van der Waals surface area contributed by atoms with Gasteiger partial charge < -0.3 is 15.3 Å². The quantitative estimate of drug-likeness (QED) is 0.628. The molecule has 0 heterocycles. The number of carbonyl (C=O) groups excluding carboxylic acids is 1. The van der Waals surface area contributed by atoms with Crippen LogP contribution in [0.15, 0.2) is 24.3 Å². The van der Waals surface area contributed by atoms with Gasteiger partial charge in [-0.2, -0.15) is 0 Å². The number of aliphatic hydroxyl groups excluding tert-OH is 2. The summed E-state index contributed by atoms with van der Waals surface area (Å²) >= 11 is 0. The third kappa shape index (κ3) is 3.15. The Morgan fingerprint density at radius 2 is 1.81 bits per heavy atom. The summed E-state index contributed by atoms with van der Waals surface area (Å²) in [7, 11) is 0. The van der Waals surface area contributed by atoms with Crippen LogP contribution in [0.1, 0.15) is 28.4 Å². The van der Waals surface area contributed by atoms with E-state index < -0.39 is 24.6 Å². The van der Waals surface area contributed by atoms with Crippen LogP contribution in [-0.4, -0.2) is 33.7 Å². The van der Waals surface area contributed by atoms with Crippen LogP contribution in [0.5, 0.6) is 0 Å². The number of carboxylic acid groups (broad SMARTS) is 1. The smallest absolute Gasteiger partial charge is 0.306 e. The standard InChI is InChI=1S/C11H12O5/c12-6-7-1-3-8(4-2-7)11(16)9(13)5-10(14)15/h1-4,6,9,11,13,16H,5H2,(H,14,15). The fourth-order valence-electron chi connectivity index (χ4n) is 1.28. The molecule has 2 unspecified atom stereocenters. The number of carboxylic acids is 1. The molecule has 0 bridgehead atoms. The van der Waals surface area contributed by atoms with Crippen molar-refractivity contribution in [3.63, 3.8) is 0 Å². The lowest BCUT2D eigenvalue weighted by molar-refractivity contribution is -0.141. The summed E-state index contributed by atoms with van der Waals surface area (Å²) in [5.41, 5.74) is 0.822. The van der Waals surface area contributed by atoms with E-state index in [1.807, 2.05) is 0 Å². The van der Waals surface area contributed by atoms with Gasteiger partial charge in [0.2, 0.25) is 0 Å². The monoisotopic (exact) mass is 224 g/mol. The lowest BCUT2D eigenvalue weighted by Crippen LogP contribution is -2.21. The first-order valence-electron chi connectivity index (χ1n) is 4.67. The third-order valence-electron chi connectivity index (χ3n) is 2.16. The number of aldehydes is 1. The van der Waals surface area contributed by atoms with Gasteiger partial charge in [-0.25, -0.2) is 0 Å². The number of rotatable bonds is 5. The average molecular weight is 224 g/mol. The number of hydrogen-bond acceptors (Lipinski definition) is 4. The van der Waals surface area contributed by atoms with Crippen LogP contribution in [0.25, 0.3) is 0 Å². The molecule has 2 atom stereocenters. The summed E-state index contributed by atoms with van der Waals surface area (Å²) in [5, 5.41) is 27.4. The molecule has 16 heavy (non-hydrogen) atoms. The molecule has 1 rings (SSSR count). The molecular formula is C11H12O5. The van der Waals surface area contributed by atoms with Gasteiger partial charge >= 0.3 is 5.97 Å². The van der Waals surface area contributed by atoms with E-state index in [9.17, 15) is 19.8 Å². The molecule has 0 radical (unpaired) electrons. The first kappa shape index (κ1) is 12.4. The van der Waals surface area contributed by atoms with Crippen LogP contribution in [0, 0.1) is 0 Å². The van der Waals surface area contributed by atoms with Crippen molar-refractivity contribution in [1.29, 1.82) is 0 Å². The highest BCUT2D eigenvalue weighted by molar-refractivity contribution is 5.74. The van der Waals surface area contributed by atoms with Crippen LogP contribution in [0.2, 0.25) is 0 Å². The minimum atomic E-state index is -1.36. The van der Waals surface area contributed by atoms with Gasteiger partial charge in [-0.05, 0) is 5.56 Å². The number of aliphatic hydroxyl groups is 2. The van der Waals surface area contributed by atoms with Gasteiger partial charge in [0.1, 0.15) is 12.4 Å². The van der Waals surface area contributed by atoms with Crippen molar-refractivity contribution in [3.8, 4) is 0 Å². The normalized spacial score (nSPS) is 14.1. The molecule has 3 N–H and O–H groups in total. The van der Waals surface area contributed by atoms with E-state index in [0.717, 1.165) is 0 Å². The van der Waals surface area contributed by atoms with E-state index >= 15 is 0 Å². The Labute approximate surface area is 92.0 Å². The first-order valence-corrected chi connectivity index (χ1v) is 4.67. The number of benzene rings is 1. The van der Waals surface area contributed by atoms with Crippen LogP contribution < -0.4 is 0 Å². The van der Waals surface area contributed by atoms with Crippen LogP contribution in [0.3, 0.4) is 0 Å². The zero-order valence-electron chi connectivity index (χ0n) is 8.41. The fourth-order valence-corrected chi connectivity index (χ4v) is 1.28. The van der Waals surface area contributed by atoms with Crippen molar-refractivity contribution in [2.45, 2.75) is 18.6 Å². The van der Waals surface area contributed by atoms with Gasteiger partial charge in [0.25, 0.3) is 0 Å². The van der Waals surface area contributed by atoms with Crippen molar-refractivity contribution >= 4 is 12.3 Å². The molecule has 0 aromatic heterocycles. The fraction of sp³-hybridized carbons (Fsp3) is 0.273. The second kappa shape index (κ2) is 5.39. The Hall–Kier alpha value is -1.72. The maximum Gasteiger partial charge on any atom is 0.306 e. The van der Waals surface area contributed by atoms with Crippen molar-refractivity contribution in [2.75, 3.05) is 0 Å². The molecule has 1 aromatic rings.